The number of benzene rings is 1. The highest BCUT2D eigenvalue weighted by Crippen LogP contribution is 2.31. The molecule has 11 heteroatoms. The Morgan fingerprint density at radius 1 is 1.11 bits per heavy atom. The standard InChI is InChI=1S/C17H13F5N6/c1-9-12(15(19)28(2)27-9)8-23-26-16-24-13(7-14(25-16)17(20,21)22)10-3-5-11(18)6-4-10/h3-8H,1-2H3,(H,24,25,26)/b23-8+. The summed E-state index contributed by atoms with van der Waals surface area (Å²) in [7, 11) is 1.40. The third-order valence-electron chi connectivity index (χ3n) is 3.71. The van der Waals surface area contributed by atoms with Crippen molar-refractivity contribution >= 4 is 12.2 Å². The van der Waals surface area contributed by atoms with E-state index in [0.29, 0.717) is 5.69 Å². The molecule has 3 rings (SSSR count). The van der Waals surface area contributed by atoms with Crippen LogP contribution in [-0.4, -0.2) is 26.0 Å². The van der Waals surface area contributed by atoms with Crippen molar-refractivity contribution in [2.24, 2.45) is 12.1 Å². The maximum Gasteiger partial charge on any atom is 0.433 e. The average Bonchev–Trinajstić information content (AvgIpc) is 2.87. The normalized spacial score (nSPS) is 12.0. The van der Waals surface area contributed by atoms with Crippen LogP contribution in [0.4, 0.5) is 27.9 Å². The molecule has 0 aliphatic carbocycles. The molecule has 0 spiro atoms. The van der Waals surface area contributed by atoms with Crippen molar-refractivity contribution in [3.8, 4) is 11.3 Å². The zero-order valence-electron chi connectivity index (χ0n) is 14.6. The van der Waals surface area contributed by atoms with E-state index < -0.39 is 29.6 Å². The Labute approximate surface area is 155 Å². The molecule has 28 heavy (non-hydrogen) atoms. The second kappa shape index (κ2) is 7.33. The highest BCUT2D eigenvalue weighted by molar-refractivity contribution is 5.81. The number of hydrazone groups is 1. The molecule has 0 saturated carbocycles. The van der Waals surface area contributed by atoms with Gasteiger partial charge >= 0.3 is 6.18 Å². The summed E-state index contributed by atoms with van der Waals surface area (Å²) in [5.41, 5.74) is 1.65. The van der Waals surface area contributed by atoms with Crippen LogP contribution in [0.25, 0.3) is 11.3 Å². The van der Waals surface area contributed by atoms with Crippen LogP contribution in [0.5, 0.6) is 0 Å². The summed E-state index contributed by atoms with van der Waals surface area (Å²) in [5.74, 6) is -1.64. The van der Waals surface area contributed by atoms with Crippen LogP contribution in [0.3, 0.4) is 0 Å². The Balaban J connectivity index is 1.94. The summed E-state index contributed by atoms with van der Waals surface area (Å²) in [6, 6.07) is 5.53. The average molecular weight is 396 g/mol. The first-order chi connectivity index (χ1) is 13.1. The number of aryl methyl sites for hydroxylation is 2. The second-order valence-electron chi connectivity index (χ2n) is 5.75. The maximum atomic E-state index is 13.9. The van der Waals surface area contributed by atoms with E-state index in [1.807, 2.05) is 0 Å². The van der Waals surface area contributed by atoms with Crippen LogP contribution >= 0.6 is 0 Å². The lowest BCUT2D eigenvalue weighted by molar-refractivity contribution is -0.141. The molecule has 0 atom stereocenters. The van der Waals surface area contributed by atoms with Gasteiger partial charge in [-0.1, -0.05) is 0 Å². The number of nitrogens with zero attached hydrogens (tertiary/aromatic N) is 5. The van der Waals surface area contributed by atoms with Crippen molar-refractivity contribution in [2.75, 3.05) is 5.43 Å². The van der Waals surface area contributed by atoms with Crippen molar-refractivity contribution in [3.05, 3.63) is 59.0 Å². The number of rotatable bonds is 4. The third kappa shape index (κ3) is 4.13. The predicted molar refractivity (Wildman–Crippen MR) is 91.5 cm³/mol. The van der Waals surface area contributed by atoms with Crippen LogP contribution in [0.2, 0.25) is 0 Å². The van der Waals surface area contributed by atoms with Gasteiger partial charge in [0.25, 0.3) is 0 Å². The molecular formula is C17H13F5N6. The quantitative estimate of drug-likeness (QED) is 0.412. The fourth-order valence-electron chi connectivity index (χ4n) is 2.36. The lowest BCUT2D eigenvalue weighted by Crippen LogP contribution is -2.11. The Kier molecular flexibility index (Phi) is 5.08. The van der Waals surface area contributed by atoms with Crippen LogP contribution < -0.4 is 5.43 Å². The fraction of sp³-hybridized carbons (Fsp3) is 0.176. The molecule has 2 aromatic heterocycles. The van der Waals surface area contributed by atoms with Gasteiger partial charge in [0.05, 0.1) is 23.2 Å². The number of halogens is 5. The van der Waals surface area contributed by atoms with Crippen LogP contribution in [0, 0.1) is 18.7 Å². The van der Waals surface area contributed by atoms with E-state index in [2.05, 4.69) is 25.6 Å². The van der Waals surface area contributed by atoms with Crippen molar-refractivity contribution in [1.82, 2.24) is 19.7 Å². The van der Waals surface area contributed by atoms with Crippen LogP contribution in [0.15, 0.2) is 35.4 Å². The van der Waals surface area contributed by atoms with Gasteiger partial charge in [-0.05, 0) is 37.3 Å². The van der Waals surface area contributed by atoms with Gasteiger partial charge in [0, 0.05) is 12.6 Å². The maximum absolute atomic E-state index is 13.9. The number of anilines is 1. The molecule has 146 valence electrons. The lowest BCUT2D eigenvalue weighted by atomic mass is 10.1. The Bertz CT molecular complexity index is 1020. The Hall–Kier alpha value is -3.37. The summed E-state index contributed by atoms with van der Waals surface area (Å²) in [6.45, 7) is 1.55. The van der Waals surface area contributed by atoms with E-state index >= 15 is 0 Å². The number of aromatic nitrogens is 4. The molecule has 0 aliphatic heterocycles. The first-order valence-electron chi connectivity index (χ1n) is 7.85. The monoisotopic (exact) mass is 396 g/mol. The van der Waals surface area contributed by atoms with E-state index in [4.69, 9.17) is 0 Å². The molecular weight excluding hydrogens is 383 g/mol. The van der Waals surface area contributed by atoms with E-state index in [1.54, 1.807) is 6.92 Å². The third-order valence-corrected chi connectivity index (χ3v) is 3.71. The van der Waals surface area contributed by atoms with Crippen molar-refractivity contribution in [1.29, 1.82) is 0 Å². The predicted octanol–water partition coefficient (Wildman–Crippen LogP) is 3.93. The molecule has 0 fully saturated rings. The largest absolute Gasteiger partial charge is 0.433 e. The van der Waals surface area contributed by atoms with Gasteiger partial charge in [0.15, 0.2) is 5.69 Å². The number of nitrogens with one attached hydrogen (secondary N) is 1. The van der Waals surface area contributed by atoms with Gasteiger partial charge in [0.1, 0.15) is 5.82 Å². The molecule has 1 aromatic carbocycles. The Morgan fingerprint density at radius 3 is 2.36 bits per heavy atom. The van der Waals surface area contributed by atoms with E-state index in [0.717, 1.165) is 29.1 Å². The minimum atomic E-state index is -4.73. The van der Waals surface area contributed by atoms with Gasteiger partial charge in [-0.25, -0.2) is 24.5 Å². The van der Waals surface area contributed by atoms with E-state index in [9.17, 15) is 22.0 Å². The molecule has 3 aromatic rings. The molecule has 0 unspecified atom stereocenters. The van der Waals surface area contributed by atoms with Crippen molar-refractivity contribution < 1.29 is 22.0 Å². The minimum Gasteiger partial charge on any atom is -0.245 e. The number of hydrogen-bond donors (Lipinski definition) is 1. The first-order valence-corrected chi connectivity index (χ1v) is 7.85. The molecule has 2 heterocycles. The van der Waals surface area contributed by atoms with E-state index in [-0.39, 0.29) is 16.8 Å². The van der Waals surface area contributed by atoms with Gasteiger partial charge < -0.3 is 0 Å². The smallest absolute Gasteiger partial charge is 0.245 e. The van der Waals surface area contributed by atoms with E-state index in [1.165, 1.54) is 19.2 Å². The fourth-order valence-corrected chi connectivity index (χ4v) is 2.36. The zero-order chi connectivity index (χ0) is 20.5. The van der Waals surface area contributed by atoms with Gasteiger partial charge in [-0.15, -0.1) is 0 Å². The highest BCUT2D eigenvalue weighted by Gasteiger charge is 2.33. The molecule has 6 nitrogen and oxygen atoms in total. The summed E-state index contributed by atoms with van der Waals surface area (Å²) in [5, 5.41) is 7.55. The van der Waals surface area contributed by atoms with Gasteiger partial charge in [-0.2, -0.15) is 27.8 Å². The topological polar surface area (TPSA) is 68.0 Å². The summed E-state index contributed by atoms with van der Waals surface area (Å²) < 4.78 is 67.4. The summed E-state index contributed by atoms with van der Waals surface area (Å²) >= 11 is 0. The molecule has 0 aliphatic rings. The molecule has 0 saturated heterocycles. The second-order valence-corrected chi connectivity index (χ2v) is 5.75. The Morgan fingerprint density at radius 2 is 1.79 bits per heavy atom. The van der Waals surface area contributed by atoms with Crippen LogP contribution in [-0.2, 0) is 13.2 Å². The van der Waals surface area contributed by atoms with Crippen molar-refractivity contribution in [3.63, 3.8) is 0 Å². The lowest BCUT2D eigenvalue weighted by Gasteiger charge is -2.10. The molecule has 1 N–H and O–H groups in total. The highest BCUT2D eigenvalue weighted by atomic mass is 19.4. The van der Waals surface area contributed by atoms with Crippen LogP contribution in [0.1, 0.15) is 17.0 Å². The molecule has 0 radical (unpaired) electrons. The van der Waals surface area contributed by atoms with Crippen molar-refractivity contribution in [2.45, 2.75) is 13.1 Å². The number of alkyl halides is 3. The summed E-state index contributed by atoms with van der Waals surface area (Å²) in [4.78, 5) is 7.33. The summed E-state index contributed by atoms with van der Waals surface area (Å²) in [6.07, 6.45) is -3.66. The van der Waals surface area contributed by atoms with Gasteiger partial charge in [-0.3, -0.25) is 0 Å². The molecule has 0 bridgehead atoms. The number of hydrogen-bond acceptors (Lipinski definition) is 5. The SMILES string of the molecule is Cc1nn(C)c(F)c1/C=N/Nc1nc(-c2ccc(F)cc2)cc(C(F)(F)F)n1. The zero-order valence-corrected chi connectivity index (χ0v) is 14.6. The minimum absolute atomic E-state index is 0.0701. The molecule has 0 amide bonds. The first kappa shape index (κ1) is 19.4. The van der Waals surface area contributed by atoms with Gasteiger partial charge in [0.2, 0.25) is 11.9 Å².